The Hall–Kier alpha value is -0.340. The fourth-order valence-corrected chi connectivity index (χ4v) is 3.57. The highest BCUT2D eigenvalue weighted by atomic mass is 32.1. The fourth-order valence-electron chi connectivity index (χ4n) is 2.69. The van der Waals surface area contributed by atoms with Crippen LogP contribution in [-0.4, -0.2) is 6.54 Å². The molecule has 0 saturated heterocycles. The minimum atomic E-state index is 0.389. The van der Waals surface area contributed by atoms with Gasteiger partial charge < -0.3 is 5.73 Å². The summed E-state index contributed by atoms with van der Waals surface area (Å²) < 4.78 is 0. The van der Waals surface area contributed by atoms with Gasteiger partial charge in [0.15, 0.2) is 0 Å². The van der Waals surface area contributed by atoms with Gasteiger partial charge in [0.25, 0.3) is 0 Å². The lowest BCUT2D eigenvalue weighted by molar-refractivity contribution is 0.108. The second-order valence-corrected chi connectivity index (χ2v) is 7.16. The third kappa shape index (κ3) is 2.67. The first-order chi connectivity index (χ1) is 7.55. The minimum Gasteiger partial charge on any atom is -0.330 e. The van der Waals surface area contributed by atoms with E-state index in [2.05, 4.69) is 31.4 Å². The average molecular weight is 237 g/mol. The molecule has 1 fully saturated rings. The molecule has 1 aliphatic carbocycles. The summed E-state index contributed by atoms with van der Waals surface area (Å²) in [5, 5.41) is 2.17. The van der Waals surface area contributed by atoms with Crippen LogP contribution in [0.5, 0.6) is 0 Å². The van der Waals surface area contributed by atoms with Crippen LogP contribution in [0.4, 0.5) is 0 Å². The third-order valence-electron chi connectivity index (χ3n) is 4.23. The zero-order valence-electron chi connectivity index (χ0n) is 10.5. The molecule has 1 saturated carbocycles. The van der Waals surface area contributed by atoms with Crippen molar-refractivity contribution in [1.82, 2.24) is 0 Å². The molecule has 0 radical (unpaired) electrons. The molecular weight excluding hydrogens is 214 g/mol. The van der Waals surface area contributed by atoms with Crippen LogP contribution in [0.2, 0.25) is 0 Å². The van der Waals surface area contributed by atoms with Crippen LogP contribution in [0.15, 0.2) is 17.5 Å². The molecule has 0 atom stereocenters. The first kappa shape index (κ1) is 12.1. The van der Waals surface area contributed by atoms with Crippen LogP contribution in [0.1, 0.15) is 44.4 Å². The molecule has 1 aliphatic rings. The van der Waals surface area contributed by atoms with E-state index in [0.717, 1.165) is 6.54 Å². The van der Waals surface area contributed by atoms with Crippen molar-refractivity contribution in [2.45, 2.75) is 46.0 Å². The SMILES string of the molecule is CC1(C)CCC(CN)(Cc2cccs2)CC1. The second-order valence-electron chi connectivity index (χ2n) is 6.12. The molecule has 1 aromatic rings. The highest BCUT2D eigenvalue weighted by Gasteiger charge is 2.37. The van der Waals surface area contributed by atoms with Gasteiger partial charge in [-0.1, -0.05) is 19.9 Å². The Morgan fingerprint density at radius 3 is 2.44 bits per heavy atom. The van der Waals surface area contributed by atoms with Crippen molar-refractivity contribution >= 4 is 11.3 Å². The molecule has 0 unspecified atom stereocenters. The van der Waals surface area contributed by atoms with Gasteiger partial charge >= 0.3 is 0 Å². The number of hydrogen-bond donors (Lipinski definition) is 1. The maximum Gasteiger partial charge on any atom is 0.00512 e. The molecule has 1 heterocycles. The largest absolute Gasteiger partial charge is 0.330 e. The quantitative estimate of drug-likeness (QED) is 0.849. The molecular formula is C14H23NS. The van der Waals surface area contributed by atoms with E-state index in [4.69, 9.17) is 5.73 Å². The van der Waals surface area contributed by atoms with Crippen LogP contribution >= 0.6 is 11.3 Å². The van der Waals surface area contributed by atoms with E-state index in [1.165, 1.54) is 37.0 Å². The lowest BCUT2D eigenvalue weighted by Crippen LogP contribution is -2.38. The maximum atomic E-state index is 6.05. The molecule has 1 aromatic heterocycles. The molecule has 0 aliphatic heterocycles. The van der Waals surface area contributed by atoms with Gasteiger partial charge in [-0.3, -0.25) is 0 Å². The Morgan fingerprint density at radius 1 is 1.25 bits per heavy atom. The Balaban J connectivity index is 2.04. The fraction of sp³-hybridized carbons (Fsp3) is 0.714. The van der Waals surface area contributed by atoms with Crippen molar-refractivity contribution in [2.24, 2.45) is 16.6 Å². The van der Waals surface area contributed by atoms with Crippen LogP contribution in [0, 0.1) is 10.8 Å². The van der Waals surface area contributed by atoms with Gasteiger partial charge in [0.1, 0.15) is 0 Å². The normalized spacial score (nSPS) is 23.2. The van der Waals surface area contributed by atoms with E-state index >= 15 is 0 Å². The van der Waals surface area contributed by atoms with Crippen LogP contribution in [-0.2, 0) is 6.42 Å². The van der Waals surface area contributed by atoms with Crippen molar-refractivity contribution in [1.29, 1.82) is 0 Å². The highest BCUT2D eigenvalue weighted by molar-refractivity contribution is 7.09. The maximum absolute atomic E-state index is 6.05. The molecule has 0 amide bonds. The zero-order valence-corrected chi connectivity index (χ0v) is 11.3. The van der Waals surface area contributed by atoms with Gasteiger partial charge in [-0.2, -0.15) is 0 Å². The minimum absolute atomic E-state index is 0.389. The van der Waals surface area contributed by atoms with Gasteiger partial charge in [-0.05, 0) is 60.9 Å². The van der Waals surface area contributed by atoms with Crippen molar-refractivity contribution in [3.8, 4) is 0 Å². The zero-order chi connectivity index (χ0) is 11.6. The average Bonchev–Trinajstić information content (AvgIpc) is 2.74. The van der Waals surface area contributed by atoms with Gasteiger partial charge in [0.2, 0.25) is 0 Å². The lowest BCUT2D eigenvalue weighted by Gasteiger charge is -2.43. The standard InChI is InChI=1S/C14H23NS/c1-13(2)5-7-14(11-15,8-6-13)10-12-4-3-9-16-12/h3-4,9H,5-8,10-11,15H2,1-2H3. The van der Waals surface area contributed by atoms with E-state index in [0.29, 0.717) is 10.8 Å². The molecule has 2 heteroatoms. The lowest BCUT2D eigenvalue weighted by atomic mass is 9.63. The monoisotopic (exact) mass is 237 g/mol. The summed E-state index contributed by atoms with van der Waals surface area (Å²) in [5.74, 6) is 0. The second kappa shape index (κ2) is 4.50. The number of rotatable bonds is 3. The summed E-state index contributed by atoms with van der Waals surface area (Å²) in [5.41, 5.74) is 6.97. The predicted molar refractivity (Wildman–Crippen MR) is 71.8 cm³/mol. The molecule has 16 heavy (non-hydrogen) atoms. The Bertz CT molecular complexity index is 317. The molecule has 0 aromatic carbocycles. The number of nitrogens with two attached hydrogens (primary N) is 1. The third-order valence-corrected chi connectivity index (χ3v) is 5.10. The highest BCUT2D eigenvalue weighted by Crippen LogP contribution is 2.46. The molecule has 1 nitrogen and oxygen atoms in total. The summed E-state index contributed by atoms with van der Waals surface area (Å²) in [6, 6.07) is 4.40. The van der Waals surface area contributed by atoms with E-state index in [1.54, 1.807) is 0 Å². The molecule has 90 valence electrons. The van der Waals surface area contributed by atoms with Crippen molar-refractivity contribution in [3.63, 3.8) is 0 Å². The predicted octanol–water partition coefficient (Wildman–Crippen LogP) is 3.84. The van der Waals surface area contributed by atoms with Crippen molar-refractivity contribution in [3.05, 3.63) is 22.4 Å². The van der Waals surface area contributed by atoms with Crippen LogP contribution < -0.4 is 5.73 Å². The Labute approximate surface area is 103 Å². The number of thiophene rings is 1. The number of hydrogen-bond acceptors (Lipinski definition) is 2. The summed E-state index contributed by atoms with van der Waals surface area (Å²) in [4.78, 5) is 1.50. The summed E-state index contributed by atoms with van der Waals surface area (Å²) in [7, 11) is 0. The van der Waals surface area contributed by atoms with Crippen molar-refractivity contribution < 1.29 is 0 Å². The smallest absolute Gasteiger partial charge is 0.00512 e. The molecule has 2 N–H and O–H groups in total. The Morgan fingerprint density at radius 2 is 1.94 bits per heavy atom. The topological polar surface area (TPSA) is 26.0 Å². The van der Waals surface area contributed by atoms with Crippen molar-refractivity contribution in [2.75, 3.05) is 6.54 Å². The van der Waals surface area contributed by atoms with Gasteiger partial charge in [0.05, 0.1) is 0 Å². The van der Waals surface area contributed by atoms with Gasteiger partial charge in [-0.15, -0.1) is 11.3 Å². The van der Waals surface area contributed by atoms with Crippen LogP contribution in [0.25, 0.3) is 0 Å². The van der Waals surface area contributed by atoms with Gasteiger partial charge in [0, 0.05) is 4.88 Å². The first-order valence-electron chi connectivity index (χ1n) is 6.28. The summed E-state index contributed by atoms with van der Waals surface area (Å²) >= 11 is 1.87. The summed E-state index contributed by atoms with van der Waals surface area (Å²) in [6.45, 7) is 5.62. The van der Waals surface area contributed by atoms with E-state index in [1.807, 2.05) is 11.3 Å². The summed E-state index contributed by atoms with van der Waals surface area (Å²) in [6.07, 6.45) is 6.45. The van der Waals surface area contributed by atoms with E-state index in [-0.39, 0.29) is 0 Å². The van der Waals surface area contributed by atoms with Crippen LogP contribution in [0.3, 0.4) is 0 Å². The van der Waals surface area contributed by atoms with Gasteiger partial charge in [-0.25, -0.2) is 0 Å². The van der Waals surface area contributed by atoms with E-state index in [9.17, 15) is 0 Å². The molecule has 2 rings (SSSR count). The molecule has 0 bridgehead atoms. The van der Waals surface area contributed by atoms with E-state index < -0.39 is 0 Å². The Kier molecular flexibility index (Phi) is 3.41. The first-order valence-corrected chi connectivity index (χ1v) is 7.16. The molecule has 0 spiro atoms.